The van der Waals surface area contributed by atoms with E-state index in [-0.39, 0.29) is 24.3 Å². The third-order valence-corrected chi connectivity index (χ3v) is 8.46. The topological polar surface area (TPSA) is 72.5 Å². The molecule has 0 aliphatic carbocycles. The maximum Gasteiger partial charge on any atom is 0.317 e. The highest BCUT2D eigenvalue weighted by Crippen LogP contribution is 2.52. The number of hydrogen-bond donors (Lipinski definition) is 0. The molecule has 7 heteroatoms. The summed E-state index contributed by atoms with van der Waals surface area (Å²) < 4.78 is 38.0. The second-order valence-electron chi connectivity index (χ2n) is 11.7. The molecule has 42 heavy (non-hydrogen) atoms. The predicted octanol–water partition coefficient (Wildman–Crippen LogP) is 6.24. The molecule has 2 fully saturated rings. The van der Waals surface area contributed by atoms with Gasteiger partial charge in [0.15, 0.2) is 6.10 Å². The fourth-order valence-electron chi connectivity index (χ4n) is 5.89. The average Bonchev–Trinajstić information content (AvgIpc) is 3.23. The fraction of sp³-hybridized carbons (Fsp3) is 0.457. The van der Waals surface area contributed by atoms with E-state index in [0.717, 1.165) is 16.7 Å². The van der Waals surface area contributed by atoms with Crippen molar-refractivity contribution in [3.8, 4) is 0 Å². The van der Waals surface area contributed by atoms with Gasteiger partial charge in [-0.2, -0.15) is 0 Å². The van der Waals surface area contributed by atoms with Crippen LogP contribution in [-0.2, 0) is 53.0 Å². The van der Waals surface area contributed by atoms with Crippen LogP contribution in [0.1, 0.15) is 50.3 Å². The standard InChI is InChI=1S/C35H42O7/c1-25(38-22-26-14-8-5-9-15-26)30(39-23-27-16-10-6-11-17-27)20-29-21-31(40-24-28-18-12-7-13-19-28)32-35(37-4,42-29)34(2,3)33(36)41-32/h5-19,25,29-32H,20-24H2,1-4H3/t25-,29-,30-,31-,32+,35-/m1/s1. The molecule has 2 saturated heterocycles. The van der Waals surface area contributed by atoms with Crippen LogP contribution in [0.4, 0.5) is 0 Å². The molecule has 2 aliphatic heterocycles. The molecule has 0 spiro atoms. The molecule has 3 aromatic rings. The van der Waals surface area contributed by atoms with Crippen molar-refractivity contribution in [1.29, 1.82) is 0 Å². The van der Waals surface area contributed by atoms with E-state index in [0.29, 0.717) is 32.7 Å². The van der Waals surface area contributed by atoms with E-state index in [4.69, 9.17) is 28.4 Å². The van der Waals surface area contributed by atoms with Gasteiger partial charge >= 0.3 is 5.97 Å². The largest absolute Gasteiger partial charge is 0.453 e. The normalized spacial score (nSPS) is 26.3. The summed E-state index contributed by atoms with van der Waals surface area (Å²) in [5.41, 5.74) is 2.18. The molecule has 2 heterocycles. The molecule has 0 radical (unpaired) electrons. The van der Waals surface area contributed by atoms with Gasteiger partial charge in [0.2, 0.25) is 5.79 Å². The monoisotopic (exact) mass is 574 g/mol. The van der Waals surface area contributed by atoms with Crippen molar-refractivity contribution in [2.75, 3.05) is 7.11 Å². The molecule has 3 aromatic carbocycles. The fourth-order valence-corrected chi connectivity index (χ4v) is 5.89. The zero-order valence-electron chi connectivity index (χ0n) is 24.9. The number of benzene rings is 3. The molecular formula is C35H42O7. The molecule has 0 amide bonds. The minimum atomic E-state index is -1.30. The molecule has 6 atom stereocenters. The van der Waals surface area contributed by atoms with Gasteiger partial charge in [0, 0.05) is 20.0 Å². The minimum Gasteiger partial charge on any atom is -0.453 e. The number of fused-ring (bicyclic) bond motifs is 1. The van der Waals surface area contributed by atoms with Gasteiger partial charge in [0.25, 0.3) is 0 Å². The van der Waals surface area contributed by atoms with Gasteiger partial charge < -0.3 is 28.4 Å². The summed E-state index contributed by atoms with van der Waals surface area (Å²) in [6.07, 6.45) is -0.935. The maximum absolute atomic E-state index is 13.1. The van der Waals surface area contributed by atoms with Crippen LogP contribution >= 0.6 is 0 Å². The molecule has 5 rings (SSSR count). The van der Waals surface area contributed by atoms with Crippen molar-refractivity contribution in [3.05, 3.63) is 108 Å². The summed E-state index contributed by atoms with van der Waals surface area (Å²) in [5, 5.41) is 0. The Morgan fingerprint density at radius 3 is 1.88 bits per heavy atom. The lowest BCUT2D eigenvalue weighted by atomic mass is 9.78. The highest BCUT2D eigenvalue weighted by Gasteiger charge is 2.70. The molecule has 0 saturated carbocycles. The van der Waals surface area contributed by atoms with Crippen LogP contribution in [-0.4, -0.2) is 49.4 Å². The van der Waals surface area contributed by atoms with E-state index in [9.17, 15) is 4.79 Å². The first-order valence-corrected chi connectivity index (χ1v) is 14.7. The number of rotatable bonds is 13. The minimum absolute atomic E-state index is 0.230. The lowest BCUT2D eigenvalue weighted by Gasteiger charge is -2.48. The Morgan fingerprint density at radius 1 is 0.810 bits per heavy atom. The van der Waals surface area contributed by atoms with E-state index in [1.165, 1.54) is 0 Å². The van der Waals surface area contributed by atoms with Crippen LogP contribution in [0.3, 0.4) is 0 Å². The summed E-state index contributed by atoms with van der Waals surface area (Å²) in [4.78, 5) is 13.1. The second kappa shape index (κ2) is 13.5. The Bertz CT molecular complexity index is 1270. The van der Waals surface area contributed by atoms with Gasteiger partial charge in [-0.05, 0) is 37.5 Å². The molecule has 0 aromatic heterocycles. The van der Waals surface area contributed by atoms with Crippen LogP contribution in [0.25, 0.3) is 0 Å². The summed E-state index contributed by atoms with van der Waals surface area (Å²) in [6.45, 7) is 6.95. The number of ether oxygens (including phenoxy) is 6. The lowest BCUT2D eigenvalue weighted by Crippen LogP contribution is -2.63. The summed E-state index contributed by atoms with van der Waals surface area (Å²) >= 11 is 0. The van der Waals surface area contributed by atoms with Gasteiger partial charge in [-0.3, -0.25) is 4.79 Å². The Morgan fingerprint density at radius 2 is 1.33 bits per heavy atom. The van der Waals surface area contributed by atoms with Crippen LogP contribution in [0.15, 0.2) is 91.0 Å². The summed E-state index contributed by atoms with van der Waals surface area (Å²) in [6, 6.07) is 30.2. The van der Waals surface area contributed by atoms with E-state index in [1.807, 2.05) is 112 Å². The van der Waals surface area contributed by atoms with E-state index in [2.05, 4.69) is 0 Å². The van der Waals surface area contributed by atoms with Crippen LogP contribution in [0, 0.1) is 5.41 Å². The first-order valence-electron chi connectivity index (χ1n) is 14.7. The second-order valence-corrected chi connectivity index (χ2v) is 11.7. The number of hydrogen-bond acceptors (Lipinski definition) is 7. The first-order chi connectivity index (χ1) is 20.3. The van der Waals surface area contributed by atoms with Crippen LogP contribution < -0.4 is 0 Å². The van der Waals surface area contributed by atoms with Crippen molar-refractivity contribution >= 4 is 5.97 Å². The Labute approximate surface area is 249 Å². The number of carbonyl (C=O) groups excluding carboxylic acids is 1. The van der Waals surface area contributed by atoms with Gasteiger partial charge in [0.05, 0.1) is 38.1 Å². The average molecular weight is 575 g/mol. The van der Waals surface area contributed by atoms with Gasteiger partial charge in [-0.25, -0.2) is 0 Å². The highest BCUT2D eigenvalue weighted by molar-refractivity contribution is 5.80. The Balaban J connectivity index is 1.36. The predicted molar refractivity (Wildman–Crippen MR) is 158 cm³/mol. The number of methoxy groups -OCH3 is 1. The van der Waals surface area contributed by atoms with Gasteiger partial charge in [-0.1, -0.05) is 91.0 Å². The SMILES string of the molecule is CO[C@@]12O[C@H](C[C@@H](OCc3ccccc3)[C@@H](C)OCc3ccccc3)C[C@@H](OCc3ccccc3)[C@@H]1OC(=O)C2(C)C. The van der Waals surface area contributed by atoms with Crippen molar-refractivity contribution < 1.29 is 33.2 Å². The smallest absolute Gasteiger partial charge is 0.317 e. The van der Waals surface area contributed by atoms with Gasteiger partial charge in [-0.15, -0.1) is 0 Å². The third kappa shape index (κ3) is 6.61. The molecule has 0 N–H and O–H groups in total. The zero-order chi connectivity index (χ0) is 29.6. The summed E-state index contributed by atoms with van der Waals surface area (Å²) in [7, 11) is 1.57. The van der Waals surface area contributed by atoms with Gasteiger partial charge in [0.1, 0.15) is 11.5 Å². The van der Waals surface area contributed by atoms with Crippen molar-refractivity contribution in [2.45, 2.75) is 89.7 Å². The molecule has 0 bridgehead atoms. The number of esters is 1. The van der Waals surface area contributed by atoms with Crippen molar-refractivity contribution in [2.24, 2.45) is 5.41 Å². The highest BCUT2D eigenvalue weighted by atomic mass is 16.7. The van der Waals surface area contributed by atoms with Crippen LogP contribution in [0.2, 0.25) is 0 Å². The molecule has 0 unspecified atom stereocenters. The molecule has 2 aliphatic rings. The third-order valence-electron chi connectivity index (χ3n) is 8.46. The zero-order valence-corrected chi connectivity index (χ0v) is 24.9. The first kappa shape index (κ1) is 30.4. The Kier molecular flexibility index (Phi) is 9.76. The van der Waals surface area contributed by atoms with Crippen LogP contribution in [0.5, 0.6) is 0 Å². The van der Waals surface area contributed by atoms with E-state index < -0.39 is 23.4 Å². The maximum atomic E-state index is 13.1. The Hall–Kier alpha value is -3.07. The molecule has 7 nitrogen and oxygen atoms in total. The molecular weight excluding hydrogens is 532 g/mol. The quantitative estimate of drug-likeness (QED) is 0.224. The van der Waals surface area contributed by atoms with E-state index in [1.54, 1.807) is 7.11 Å². The lowest BCUT2D eigenvalue weighted by molar-refractivity contribution is -0.345. The number of carbonyl (C=O) groups is 1. The van der Waals surface area contributed by atoms with E-state index >= 15 is 0 Å². The van der Waals surface area contributed by atoms with Crippen molar-refractivity contribution in [3.63, 3.8) is 0 Å². The summed E-state index contributed by atoms with van der Waals surface area (Å²) in [5.74, 6) is -1.66. The molecule has 224 valence electrons. The van der Waals surface area contributed by atoms with Crippen molar-refractivity contribution in [1.82, 2.24) is 0 Å².